The molecule has 3 radical (unpaired) electrons. The Hall–Kier alpha value is -2.23. The number of fused-ring (bicyclic) bond motifs is 1. The van der Waals surface area contributed by atoms with E-state index in [4.69, 9.17) is 7.74 Å². The number of allylic oxidation sites excluding steroid dienone is 4. The molecule has 2 aliphatic rings. The van der Waals surface area contributed by atoms with Crippen LogP contribution in [-0.4, -0.2) is 26.9 Å². The van der Waals surface area contributed by atoms with E-state index < -0.39 is 0 Å². The highest BCUT2D eigenvalue weighted by atomic mass is 15.3. The molecule has 6 heteroatoms. The molecule has 0 atom stereocenters. The molecule has 4 nitrogen and oxygen atoms in total. The van der Waals surface area contributed by atoms with E-state index in [0.717, 1.165) is 34.2 Å². The molecule has 0 saturated carbocycles. The average molecular weight is 277 g/mol. The lowest BCUT2D eigenvalue weighted by Crippen LogP contribution is -2.38. The Morgan fingerprint density at radius 2 is 2.10 bits per heavy atom. The number of rotatable bonds is 4. The van der Waals surface area contributed by atoms with E-state index in [9.17, 15) is 0 Å². The van der Waals surface area contributed by atoms with Gasteiger partial charge in [0.2, 0.25) is 0 Å². The maximum Gasteiger partial charge on any atom is 0.124 e. The maximum atomic E-state index is 5.77. The summed E-state index contributed by atoms with van der Waals surface area (Å²) in [6.07, 6.45) is 9.84. The van der Waals surface area contributed by atoms with E-state index >= 15 is 0 Å². The van der Waals surface area contributed by atoms with Gasteiger partial charge in [-0.2, -0.15) is 0 Å². The molecular weight excluding hydrogens is 258 g/mol. The van der Waals surface area contributed by atoms with E-state index in [2.05, 4.69) is 39.6 Å². The fourth-order valence-corrected chi connectivity index (χ4v) is 2.45. The highest BCUT2D eigenvalue weighted by molar-refractivity contribution is 6.93. The minimum atomic E-state index is 0.820. The molecule has 0 amide bonds. The fourth-order valence-electron chi connectivity index (χ4n) is 2.45. The summed E-state index contributed by atoms with van der Waals surface area (Å²) in [7, 11) is 9.20. The maximum absolute atomic E-state index is 5.77. The summed E-state index contributed by atoms with van der Waals surface area (Å²) in [4.78, 5) is 2.13. The molecule has 2 rings (SSSR count). The van der Waals surface area contributed by atoms with Crippen LogP contribution in [0.25, 0.3) is 0 Å². The van der Waals surface area contributed by atoms with Crippen molar-refractivity contribution in [3.63, 3.8) is 0 Å². The van der Waals surface area contributed by atoms with Gasteiger partial charge in [0.25, 0.3) is 0 Å². The van der Waals surface area contributed by atoms with Crippen molar-refractivity contribution in [2.45, 2.75) is 13.8 Å². The third-order valence-corrected chi connectivity index (χ3v) is 3.29. The smallest absolute Gasteiger partial charge is 0.124 e. The minimum absolute atomic E-state index is 0.820. The van der Waals surface area contributed by atoms with Crippen LogP contribution in [0.3, 0.4) is 0 Å². The highest BCUT2D eigenvalue weighted by Gasteiger charge is 2.33. The SMILES string of the molecule is [B][B]C1=C2NC(C=C)=C(/C=C\C)N2C(=C/C)/C(=C\NC)N1. The summed E-state index contributed by atoms with van der Waals surface area (Å²) in [6, 6.07) is 0. The predicted octanol–water partition coefficient (Wildman–Crippen LogP) is 1.35. The average Bonchev–Trinajstić information content (AvgIpc) is 2.86. The highest BCUT2D eigenvalue weighted by Crippen LogP contribution is 2.35. The summed E-state index contributed by atoms with van der Waals surface area (Å²) < 4.78 is 0. The minimum Gasteiger partial charge on any atom is -0.392 e. The Kier molecular flexibility index (Phi) is 4.68. The first-order valence-corrected chi connectivity index (χ1v) is 6.88. The molecule has 0 aromatic rings. The molecule has 2 heterocycles. The lowest BCUT2D eigenvalue weighted by atomic mass is 9.53. The summed E-state index contributed by atoms with van der Waals surface area (Å²) in [5.41, 5.74) is 4.81. The quantitative estimate of drug-likeness (QED) is 0.678. The summed E-state index contributed by atoms with van der Waals surface area (Å²) in [5.74, 6) is 0.904. The van der Waals surface area contributed by atoms with E-state index in [-0.39, 0.29) is 0 Å². The van der Waals surface area contributed by atoms with E-state index in [0.29, 0.717) is 0 Å². The Morgan fingerprint density at radius 3 is 2.62 bits per heavy atom. The van der Waals surface area contributed by atoms with E-state index in [1.165, 1.54) is 0 Å². The molecule has 0 aromatic heterocycles. The molecule has 2 aliphatic heterocycles. The van der Waals surface area contributed by atoms with Gasteiger partial charge in [-0.05, 0) is 26.0 Å². The fraction of sp³-hybridized carbons (Fsp3) is 0.200. The van der Waals surface area contributed by atoms with Gasteiger partial charge in [0.15, 0.2) is 0 Å². The first-order chi connectivity index (χ1) is 10.2. The van der Waals surface area contributed by atoms with Crippen LogP contribution in [0.5, 0.6) is 0 Å². The summed E-state index contributed by atoms with van der Waals surface area (Å²) >= 11 is 0. The third kappa shape index (κ3) is 2.53. The molecule has 0 aromatic carbocycles. The molecular formula is C15H19B2N4. The van der Waals surface area contributed by atoms with Crippen molar-refractivity contribution in [2.24, 2.45) is 0 Å². The lowest BCUT2D eigenvalue weighted by Gasteiger charge is -2.34. The van der Waals surface area contributed by atoms with Crippen molar-refractivity contribution in [3.8, 4) is 0 Å². The van der Waals surface area contributed by atoms with Gasteiger partial charge >= 0.3 is 0 Å². The molecule has 3 N–H and O–H groups in total. The van der Waals surface area contributed by atoms with Gasteiger partial charge in [-0.15, -0.1) is 0 Å². The van der Waals surface area contributed by atoms with E-state index in [1.807, 2.05) is 39.2 Å². The van der Waals surface area contributed by atoms with Crippen LogP contribution >= 0.6 is 0 Å². The van der Waals surface area contributed by atoms with Crippen LogP contribution in [0.1, 0.15) is 13.8 Å². The van der Waals surface area contributed by atoms with Gasteiger partial charge in [-0.3, -0.25) is 4.90 Å². The van der Waals surface area contributed by atoms with Crippen molar-refractivity contribution in [3.05, 3.63) is 71.3 Å². The second kappa shape index (κ2) is 6.48. The molecule has 0 aliphatic carbocycles. The van der Waals surface area contributed by atoms with Crippen LogP contribution < -0.4 is 16.0 Å². The van der Waals surface area contributed by atoms with Gasteiger partial charge < -0.3 is 16.0 Å². The van der Waals surface area contributed by atoms with Gasteiger partial charge in [0.05, 0.1) is 22.8 Å². The molecule has 0 fully saturated rings. The molecule has 105 valence electrons. The lowest BCUT2D eigenvalue weighted by molar-refractivity contribution is 0.518. The van der Waals surface area contributed by atoms with Gasteiger partial charge in [0, 0.05) is 26.6 Å². The predicted molar refractivity (Wildman–Crippen MR) is 89.6 cm³/mol. The molecule has 0 saturated heterocycles. The van der Waals surface area contributed by atoms with Crippen molar-refractivity contribution in [2.75, 3.05) is 7.05 Å². The summed E-state index contributed by atoms with van der Waals surface area (Å²) in [5, 5.41) is 9.74. The first-order valence-electron chi connectivity index (χ1n) is 6.88. The second-order valence-corrected chi connectivity index (χ2v) is 4.54. The van der Waals surface area contributed by atoms with E-state index in [1.54, 1.807) is 7.17 Å². The van der Waals surface area contributed by atoms with Crippen LogP contribution in [0.4, 0.5) is 0 Å². The third-order valence-electron chi connectivity index (χ3n) is 3.29. The topological polar surface area (TPSA) is 39.3 Å². The summed E-state index contributed by atoms with van der Waals surface area (Å²) in [6.45, 7) is 7.88. The van der Waals surface area contributed by atoms with Crippen molar-refractivity contribution < 1.29 is 0 Å². The number of hydrogen-bond acceptors (Lipinski definition) is 4. The Balaban J connectivity index is 2.64. The Labute approximate surface area is 128 Å². The molecule has 21 heavy (non-hydrogen) atoms. The zero-order valence-electron chi connectivity index (χ0n) is 12.7. The normalized spacial score (nSPS) is 21.8. The van der Waals surface area contributed by atoms with Crippen LogP contribution in [0, 0.1) is 0 Å². The van der Waals surface area contributed by atoms with Gasteiger partial charge in [-0.1, -0.05) is 18.7 Å². The van der Waals surface area contributed by atoms with Gasteiger partial charge in [0.1, 0.15) is 13.0 Å². The van der Waals surface area contributed by atoms with Crippen molar-refractivity contribution in [1.82, 2.24) is 20.9 Å². The van der Waals surface area contributed by atoms with Crippen LogP contribution in [0.2, 0.25) is 0 Å². The van der Waals surface area contributed by atoms with Gasteiger partial charge in [-0.25, -0.2) is 0 Å². The molecule has 0 unspecified atom stereocenters. The van der Waals surface area contributed by atoms with Crippen LogP contribution in [0.15, 0.2) is 71.3 Å². The van der Waals surface area contributed by atoms with Crippen molar-refractivity contribution >= 4 is 14.9 Å². The zero-order chi connectivity index (χ0) is 15.4. The van der Waals surface area contributed by atoms with Crippen molar-refractivity contribution in [1.29, 1.82) is 0 Å². The second-order valence-electron chi connectivity index (χ2n) is 4.54. The first kappa shape index (κ1) is 15.2. The monoisotopic (exact) mass is 277 g/mol. The van der Waals surface area contributed by atoms with Crippen LogP contribution in [-0.2, 0) is 0 Å². The standard InChI is InChI=1S/C15H19B2N4/c1-5-8-13-10(6-2)20-15-14(17-16)19-11(9-18-4)12(7-3)21(13)15/h5-9,18-20H,2H2,1,3-4H3/b8-5-,11-9+,12-7+. The zero-order valence-corrected chi connectivity index (χ0v) is 12.7. The molecule has 0 bridgehead atoms. The Morgan fingerprint density at radius 1 is 1.33 bits per heavy atom. The number of hydrogen-bond donors (Lipinski definition) is 3. The number of nitrogens with zero attached hydrogens (tertiary/aromatic N) is 1. The number of nitrogens with one attached hydrogen (secondary N) is 3. The Bertz CT molecular complexity index is 597. The molecule has 0 spiro atoms. The largest absolute Gasteiger partial charge is 0.392 e.